The number of halogens is 1. The number of furan rings is 1. The largest absolute Gasteiger partial charge is 0.466 e. The third-order valence-electron chi connectivity index (χ3n) is 1.54. The topological polar surface area (TPSA) is 46.3 Å². The SMILES string of the molecule is OC(c1ccco1)c1nc(Br)cs1. The summed E-state index contributed by atoms with van der Waals surface area (Å²) in [6, 6.07) is 3.46. The Morgan fingerprint density at radius 3 is 3.00 bits per heavy atom. The summed E-state index contributed by atoms with van der Waals surface area (Å²) in [5, 5.41) is 12.2. The summed E-state index contributed by atoms with van der Waals surface area (Å²) in [6.45, 7) is 0. The maximum atomic E-state index is 9.73. The highest BCUT2D eigenvalue weighted by molar-refractivity contribution is 9.10. The van der Waals surface area contributed by atoms with Gasteiger partial charge in [0.05, 0.1) is 6.26 Å². The van der Waals surface area contributed by atoms with Crippen LogP contribution in [0.15, 0.2) is 32.8 Å². The molecule has 2 aromatic heterocycles. The Labute approximate surface area is 87.2 Å². The van der Waals surface area contributed by atoms with Crippen LogP contribution in [0.5, 0.6) is 0 Å². The first-order valence-electron chi connectivity index (χ1n) is 3.60. The molecule has 5 heteroatoms. The van der Waals surface area contributed by atoms with E-state index in [1.165, 1.54) is 17.6 Å². The van der Waals surface area contributed by atoms with Gasteiger partial charge >= 0.3 is 0 Å². The molecule has 2 heterocycles. The Morgan fingerprint density at radius 1 is 1.62 bits per heavy atom. The Morgan fingerprint density at radius 2 is 2.46 bits per heavy atom. The zero-order valence-corrected chi connectivity index (χ0v) is 8.88. The lowest BCUT2D eigenvalue weighted by atomic mass is 10.3. The molecular weight excluding hydrogens is 254 g/mol. The van der Waals surface area contributed by atoms with Gasteiger partial charge in [0.15, 0.2) is 6.10 Å². The van der Waals surface area contributed by atoms with E-state index in [1.807, 2.05) is 5.38 Å². The quantitative estimate of drug-likeness (QED) is 0.902. The lowest BCUT2D eigenvalue weighted by Gasteiger charge is -2.01. The number of aromatic nitrogens is 1. The second kappa shape index (κ2) is 3.61. The van der Waals surface area contributed by atoms with Crippen molar-refractivity contribution in [2.45, 2.75) is 6.10 Å². The van der Waals surface area contributed by atoms with Crippen molar-refractivity contribution in [3.05, 3.63) is 39.1 Å². The third-order valence-corrected chi connectivity index (χ3v) is 3.15. The van der Waals surface area contributed by atoms with E-state index in [-0.39, 0.29) is 0 Å². The van der Waals surface area contributed by atoms with Crippen molar-refractivity contribution in [3.63, 3.8) is 0 Å². The van der Waals surface area contributed by atoms with Crippen LogP contribution in [0.25, 0.3) is 0 Å². The number of aliphatic hydroxyl groups is 1. The first-order chi connectivity index (χ1) is 6.27. The van der Waals surface area contributed by atoms with E-state index in [0.29, 0.717) is 10.8 Å². The highest BCUT2D eigenvalue weighted by Crippen LogP contribution is 2.26. The predicted octanol–water partition coefficient (Wildman–Crippen LogP) is 2.58. The lowest BCUT2D eigenvalue weighted by Crippen LogP contribution is -1.96. The van der Waals surface area contributed by atoms with Gasteiger partial charge in [-0.2, -0.15) is 0 Å². The molecule has 68 valence electrons. The van der Waals surface area contributed by atoms with Crippen LogP contribution < -0.4 is 0 Å². The molecule has 0 aromatic carbocycles. The lowest BCUT2D eigenvalue weighted by molar-refractivity contribution is 0.189. The van der Waals surface area contributed by atoms with Crippen molar-refractivity contribution < 1.29 is 9.52 Å². The molecule has 0 radical (unpaired) electrons. The van der Waals surface area contributed by atoms with Crippen LogP contribution in [0, 0.1) is 0 Å². The normalized spacial score (nSPS) is 13.1. The highest BCUT2D eigenvalue weighted by Gasteiger charge is 2.16. The van der Waals surface area contributed by atoms with Crippen molar-refractivity contribution in [1.29, 1.82) is 0 Å². The van der Waals surface area contributed by atoms with Crippen molar-refractivity contribution in [3.8, 4) is 0 Å². The van der Waals surface area contributed by atoms with Gasteiger partial charge in [-0.05, 0) is 28.1 Å². The summed E-state index contributed by atoms with van der Waals surface area (Å²) in [5.41, 5.74) is 0. The number of thiazole rings is 1. The maximum absolute atomic E-state index is 9.73. The molecule has 0 amide bonds. The Balaban J connectivity index is 2.28. The summed E-state index contributed by atoms with van der Waals surface area (Å²) in [7, 11) is 0. The molecule has 2 rings (SSSR count). The first-order valence-corrected chi connectivity index (χ1v) is 5.27. The summed E-state index contributed by atoms with van der Waals surface area (Å²) in [5.74, 6) is 0.516. The summed E-state index contributed by atoms with van der Waals surface area (Å²) in [6.07, 6.45) is 0.771. The molecule has 1 N–H and O–H groups in total. The average molecular weight is 260 g/mol. The number of nitrogens with zero attached hydrogens (tertiary/aromatic N) is 1. The molecule has 1 atom stereocenters. The minimum atomic E-state index is -0.758. The molecule has 13 heavy (non-hydrogen) atoms. The zero-order chi connectivity index (χ0) is 9.26. The molecule has 0 aliphatic heterocycles. The van der Waals surface area contributed by atoms with Crippen LogP contribution in [0.2, 0.25) is 0 Å². The van der Waals surface area contributed by atoms with Crippen molar-refractivity contribution >= 4 is 27.3 Å². The second-order valence-electron chi connectivity index (χ2n) is 2.43. The van der Waals surface area contributed by atoms with E-state index < -0.39 is 6.10 Å². The van der Waals surface area contributed by atoms with Gasteiger partial charge < -0.3 is 9.52 Å². The van der Waals surface area contributed by atoms with Gasteiger partial charge in [-0.15, -0.1) is 11.3 Å². The minimum Gasteiger partial charge on any atom is -0.466 e. The molecule has 0 saturated heterocycles. The van der Waals surface area contributed by atoms with E-state index in [0.717, 1.165) is 4.60 Å². The fraction of sp³-hybridized carbons (Fsp3) is 0.125. The van der Waals surface area contributed by atoms with Crippen molar-refractivity contribution in [1.82, 2.24) is 4.98 Å². The van der Waals surface area contributed by atoms with Crippen LogP contribution in [-0.4, -0.2) is 10.1 Å². The Hall–Kier alpha value is -0.650. The standard InChI is InChI=1S/C8H6BrNO2S/c9-6-4-13-8(10-6)7(11)5-2-1-3-12-5/h1-4,7,11H. The molecule has 0 saturated carbocycles. The van der Waals surface area contributed by atoms with Crippen LogP contribution in [0.1, 0.15) is 16.9 Å². The van der Waals surface area contributed by atoms with Gasteiger partial charge in [0, 0.05) is 5.38 Å². The summed E-state index contributed by atoms with van der Waals surface area (Å²) >= 11 is 4.61. The number of hydrogen-bond acceptors (Lipinski definition) is 4. The Kier molecular flexibility index (Phi) is 2.48. The van der Waals surface area contributed by atoms with Crippen molar-refractivity contribution in [2.75, 3.05) is 0 Å². The molecule has 0 aliphatic rings. The van der Waals surface area contributed by atoms with E-state index in [2.05, 4.69) is 20.9 Å². The van der Waals surface area contributed by atoms with E-state index in [9.17, 15) is 5.11 Å². The van der Waals surface area contributed by atoms with E-state index in [1.54, 1.807) is 12.1 Å². The molecule has 0 aliphatic carbocycles. The van der Waals surface area contributed by atoms with Crippen LogP contribution in [0.4, 0.5) is 0 Å². The van der Waals surface area contributed by atoms with Crippen LogP contribution in [0.3, 0.4) is 0 Å². The number of hydrogen-bond donors (Lipinski definition) is 1. The Bertz CT molecular complexity index is 385. The predicted molar refractivity (Wildman–Crippen MR) is 52.6 cm³/mol. The first kappa shape index (κ1) is 8.93. The maximum Gasteiger partial charge on any atom is 0.163 e. The molecule has 1 unspecified atom stereocenters. The highest BCUT2D eigenvalue weighted by atomic mass is 79.9. The van der Waals surface area contributed by atoms with Gasteiger partial charge in [0.1, 0.15) is 15.4 Å². The van der Waals surface area contributed by atoms with Crippen molar-refractivity contribution in [2.24, 2.45) is 0 Å². The van der Waals surface area contributed by atoms with Gasteiger partial charge in [0.2, 0.25) is 0 Å². The molecular formula is C8H6BrNO2S. The smallest absolute Gasteiger partial charge is 0.163 e. The number of rotatable bonds is 2. The van der Waals surface area contributed by atoms with E-state index in [4.69, 9.17) is 4.42 Å². The molecule has 0 bridgehead atoms. The molecule has 0 spiro atoms. The fourth-order valence-corrected chi connectivity index (χ4v) is 2.22. The van der Waals surface area contributed by atoms with E-state index >= 15 is 0 Å². The number of aliphatic hydroxyl groups excluding tert-OH is 1. The third kappa shape index (κ3) is 1.82. The average Bonchev–Trinajstić information content (AvgIpc) is 2.72. The monoisotopic (exact) mass is 259 g/mol. The molecule has 0 fully saturated rings. The molecule has 3 nitrogen and oxygen atoms in total. The zero-order valence-electron chi connectivity index (χ0n) is 6.48. The van der Waals surface area contributed by atoms with Gasteiger partial charge in [-0.1, -0.05) is 0 Å². The summed E-state index contributed by atoms with van der Waals surface area (Å²) in [4.78, 5) is 4.09. The van der Waals surface area contributed by atoms with Gasteiger partial charge in [-0.25, -0.2) is 4.98 Å². The van der Waals surface area contributed by atoms with Crippen LogP contribution in [-0.2, 0) is 0 Å². The second-order valence-corrected chi connectivity index (χ2v) is 4.13. The minimum absolute atomic E-state index is 0.516. The fourth-order valence-electron chi connectivity index (χ4n) is 0.961. The van der Waals surface area contributed by atoms with Gasteiger partial charge in [0.25, 0.3) is 0 Å². The van der Waals surface area contributed by atoms with Crippen LogP contribution >= 0.6 is 27.3 Å². The summed E-state index contributed by atoms with van der Waals surface area (Å²) < 4.78 is 5.79. The van der Waals surface area contributed by atoms with Gasteiger partial charge in [-0.3, -0.25) is 0 Å². The molecule has 2 aromatic rings.